The first kappa shape index (κ1) is 12.7. The summed E-state index contributed by atoms with van der Waals surface area (Å²) in [5.74, 6) is 0.214. The quantitative estimate of drug-likeness (QED) is 0.652. The van der Waals surface area contributed by atoms with Crippen molar-refractivity contribution in [1.82, 2.24) is 4.57 Å². The Bertz CT molecular complexity index is 740. The van der Waals surface area contributed by atoms with Crippen LogP contribution in [0, 0.1) is 0 Å². The third-order valence-electron chi connectivity index (χ3n) is 3.68. The van der Waals surface area contributed by atoms with Crippen LogP contribution in [-0.2, 0) is 13.5 Å². The Kier molecular flexibility index (Phi) is 3.38. The maximum absolute atomic E-state index is 12.4. The third kappa shape index (κ3) is 2.37. The van der Waals surface area contributed by atoms with Gasteiger partial charge in [-0.3, -0.25) is 4.79 Å². The SMILES string of the molecule is Cn1cc(C(=O)CCc2ccccc2)c2ccccc21. The minimum atomic E-state index is 0.214. The van der Waals surface area contributed by atoms with Gasteiger partial charge in [-0.1, -0.05) is 48.5 Å². The zero-order chi connectivity index (χ0) is 13.9. The molecule has 2 heteroatoms. The number of aryl methyl sites for hydroxylation is 2. The lowest BCUT2D eigenvalue weighted by Gasteiger charge is -2.00. The van der Waals surface area contributed by atoms with Crippen molar-refractivity contribution in [1.29, 1.82) is 0 Å². The van der Waals surface area contributed by atoms with Crippen LogP contribution in [0.4, 0.5) is 0 Å². The smallest absolute Gasteiger partial charge is 0.165 e. The van der Waals surface area contributed by atoms with Gasteiger partial charge in [-0.05, 0) is 18.1 Å². The number of hydrogen-bond donors (Lipinski definition) is 0. The number of aromatic nitrogens is 1. The topological polar surface area (TPSA) is 22.0 Å². The monoisotopic (exact) mass is 263 g/mol. The van der Waals surface area contributed by atoms with Gasteiger partial charge in [-0.15, -0.1) is 0 Å². The number of carbonyl (C=O) groups is 1. The molecule has 0 saturated heterocycles. The second kappa shape index (κ2) is 5.33. The molecule has 0 amide bonds. The number of carbonyl (C=O) groups excluding carboxylic acids is 1. The fourth-order valence-corrected chi connectivity index (χ4v) is 2.60. The number of Topliss-reactive ketones (excluding diaryl/α,β-unsaturated/α-hetero) is 1. The number of nitrogens with zero attached hydrogens (tertiary/aromatic N) is 1. The van der Waals surface area contributed by atoms with E-state index in [2.05, 4.69) is 12.1 Å². The van der Waals surface area contributed by atoms with Gasteiger partial charge in [0.1, 0.15) is 0 Å². The molecule has 0 bridgehead atoms. The summed E-state index contributed by atoms with van der Waals surface area (Å²) in [6, 6.07) is 18.2. The van der Waals surface area contributed by atoms with Gasteiger partial charge in [-0.2, -0.15) is 0 Å². The average Bonchev–Trinajstić information content (AvgIpc) is 2.84. The Morgan fingerprint density at radius 1 is 1.00 bits per heavy atom. The van der Waals surface area contributed by atoms with E-state index in [1.165, 1.54) is 5.56 Å². The molecule has 0 fully saturated rings. The van der Waals surface area contributed by atoms with Gasteiger partial charge in [0.2, 0.25) is 0 Å². The van der Waals surface area contributed by atoms with Crippen LogP contribution in [0.2, 0.25) is 0 Å². The molecule has 0 aliphatic rings. The normalized spacial score (nSPS) is 10.8. The number of fused-ring (bicyclic) bond motifs is 1. The Labute approximate surface area is 118 Å². The van der Waals surface area contributed by atoms with Crippen molar-refractivity contribution in [2.24, 2.45) is 7.05 Å². The molecule has 0 radical (unpaired) electrons. The molecule has 20 heavy (non-hydrogen) atoms. The molecule has 1 heterocycles. The van der Waals surface area contributed by atoms with Crippen LogP contribution in [0.5, 0.6) is 0 Å². The van der Waals surface area contributed by atoms with Gasteiger partial charge < -0.3 is 4.57 Å². The highest BCUT2D eigenvalue weighted by molar-refractivity contribution is 6.08. The number of hydrogen-bond acceptors (Lipinski definition) is 1. The molecule has 0 saturated carbocycles. The molecule has 0 unspecified atom stereocenters. The molecule has 1 aromatic heterocycles. The predicted octanol–water partition coefficient (Wildman–Crippen LogP) is 3.99. The molecular formula is C18H17NO. The summed E-state index contributed by atoms with van der Waals surface area (Å²) in [4.78, 5) is 12.4. The molecule has 3 aromatic rings. The second-order valence-corrected chi connectivity index (χ2v) is 5.08. The first-order chi connectivity index (χ1) is 9.75. The molecule has 0 aliphatic carbocycles. The summed E-state index contributed by atoms with van der Waals surface area (Å²) in [6.45, 7) is 0. The lowest BCUT2D eigenvalue weighted by atomic mass is 10.0. The van der Waals surface area contributed by atoms with Crippen LogP contribution in [0.15, 0.2) is 60.8 Å². The Hall–Kier alpha value is -2.35. The van der Waals surface area contributed by atoms with Crippen molar-refractivity contribution in [2.75, 3.05) is 0 Å². The average molecular weight is 263 g/mol. The Morgan fingerprint density at radius 3 is 2.50 bits per heavy atom. The van der Waals surface area contributed by atoms with E-state index in [9.17, 15) is 4.79 Å². The van der Waals surface area contributed by atoms with Crippen LogP contribution in [0.25, 0.3) is 10.9 Å². The second-order valence-electron chi connectivity index (χ2n) is 5.08. The maximum atomic E-state index is 12.4. The number of benzene rings is 2. The molecule has 0 spiro atoms. The van der Waals surface area contributed by atoms with Gasteiger partial charge in [-0.25, -0.2) is 0 Å². The van der Waals surface area contributed by atoms with Gasteiger partial charge in [0.15, 0.2) is 5.78 Å². The van der Waals surface area contributed by atoms with E-state index in [0.717, 1.165) is 22.9 Å². The van der Waals surface area contributed by atoms with E-state index in [4.69, 9.17) is 0 Å². The highest BCUT2D eigenvalue weighted by Gasteiger charge is 2.13. The van der Waals surface area contributed by atoms with Crippen molar-refractivity contribution in [2.45, 2.75) is 12.8 Å². The van der Waals surface area contributed by atoms with Crippen LogP contribution < -0.4 is 0 Å². The van der Waals surface area contributed by atoms with Gasteiger partial charge in [0.05, 0.1) is 0 Å². The van der Waals surface area contributed by atoms with E-state index < -0.39 is 0 Å². The zero-order valence-corrected chi connectivity index (χ0v) is 11.5. The van der Waals surface area contributed by atoms with Crippen molar-refractivity contribution in [3.8, 4) is 0 Å². The molecule has 0 N–H and O–H groups in total. The predicted molar refractivity (Wildman–Crippen MR) is 82.0 cm³/mol. The zero-order valence-electron chi connectivity index (χ0n) is 11.5. The molecule has 2 aromatic carbocycles. The van der Waals surface area contributed by atoms with Gasteiger partial charge in [0.25, 0.3) is 0 Å². The summed E-state index contributed by atoms with van der Waals surface area (Å²) in [7, 11) is 1.98. The minimum absolute atomic E-state index is 0.214. The van der Waals surface area contributed by atoms with E-state index in [1.807, 2.05) is 60.3 Å². The molecule has 2 nitrogen and oxygen atoms in total. The standard InChI is InChI=1S/C18H17NO/c1-19-13-16(15-9-5-6-10-17(15)19)18(20)12-11-14-7-3-2-4-8-14/h2-10,13H,11-12H2,1H3. The maximum Gasteiger partial charge on any atom is 0.165 e. The molecule has 100 valence electrons. The first-order valence-corrected chi connectivity index (χ1v) is 6.87. The van der Waals surface area contributed by atoms with Crippen molar-refractivity contribution in [3.05, 3.63) is 71.9 Å². The molecule has 0 atom stereocenters. The van der Waals surface area contributed by atoms with Gasteiger partial charge >= 0.3 is 0 Å². The van der Waals surface area contributed by atoms with Crippen LogP contribution in [0.1, 0.15) is 22.3 Å². The van der Waals surface area contributed by atoms with Gasteiger partial charge in [0, 0.05) is 36.1 Å². The summed E-state index contributed by atoms with van der Waals surface area (Å²) < 4.78 is 2.02. The van der Waals surface area contributed by atoms with Crippen LogP contribution in [-0.4, -0.2) is 10.4 Å². The first-order valence-electron chi connectivity index (χ1n) is 6.87. The van der Waals surface area contributed by atoms with Crippen molar-refractivity contribution < 1.29 is 4.79 Å². The summed E-state index contributed by atoms with van der Waals surface area (Å²) >= 11 is 0. The number of rotatable bonds is 4. The van der Waals surface area contributed by atoms with Crippen LogP contribution >= 0.6 is 0 Å². The van der Waals surface area contributed by atoms with Crippen LogP contribution in [0.3, 0.4) is 0 Å². The third-order valence-corrected chi connectivity index (χ3v) is 3.68. The van der Waals surface area contributed by atoms with E-state index in [0.29, 0.717) is 6.42 Å². The number of ketones is 1. The highest BCUT2D eigenvalue weighted by Crippen LogP contribution is 2.22. The minimum Gasteiger partial charge on any atom is -0.350 e. The lowest BCUT2D eigenvalue weighted by Crippen LogP contribution is -2.00. The summed E-state index contributed by atoms with van der Waals surface area (Å²) in [5.41, 5.74) is 3.15. The Morgan fingerprint density at radius 2 is 1.70 bits per heavy atom. The summed E-state index contributed by atoms with van der Waals surface area (Å²) in [5, 5.41) is 1.05. The molecule has 3 rings (SSSR count). The Balaban J connectivity index is 1.83. The fourth-order valence-electron chi connectivity index (χ4n) is 2.60. The van der Waals surface area contributed by atoms with Crippen molar-refractivity contribution in [3.63, 3.8) is 0 Å². The molecular weight excluding hydrogens is 246 g/mol. The van der Waals surface area contributed by atoms with E-state index >= 15 is 0 Å². The van der Waals surface area contributed by atoms with Crippen molar-refractivity contribution >= 4 is 16.7 Å². The highest BCUT2D eigenvalue weighted by atomic mass is 16.1. The molecule has 0 aliphatic heterocycles. The van der Waals surface area contributed by atoms with E-state index in [-0.39, 0.29) is 5.78 Å². The fraction of sp³-hybridized carbons (Fsp3) is 0.167. The number of para-hydroxylation sites is 1. The largest absolute Gasteiger partial charge is 0.350 e. The lowest BCUT2D eigenvalue weighted by molar-refractivity contribution is 0.0984. The summed E-state index contributed by atoms with van der Waals surface area (Å²) in [6.07, 6.45) is 3.29. The van der Waals surface area contributed by atoms with E-state index in [1.54, 1.807) is 0 Å².